The Morgan fingerprint density at radius 1 is 0.973 bits per heavy atom. The summed E-state index contributed by atoms with van der Waals surface area (Å²) in [5.41, 5.74) is 1.08. The van der Waals surface area contributed by atoms with Gasteiger partial charge in [0.1, 0.15) is 11.4 Å². The Bertz CT molecular complexity index is 1260. The summed E-state index contributed by atoms with van der Waals surface area (Å²) >= 11 is 0. The molecule has 2 aromatic heterocycles. The van der Waals surface area contributed by atoms with Crippen LogP contribution in [-0.4, -0.2) is 81.1 Å². The Balaban J connectivity index is 1.20. The average Bonchev–Trinajstić information content (AvgIpc) is 3.70. The first-order valence-corrected chi connectivity index (χ1v) is 12.9. The molecule has 1 spiro atoms. The van der Waals surface area contributed by atoms with Gasteiger partial charge in [0.05, 0.1) is 31.0 Å². The Hall–Kier alpha value is -3.50. The van der Waals surface area contributed by atoms with Gasteiger partial charge in [-0.1, -0.05) is 0 Å². The van der Waals surface area contributed by atoms with Gasteiger partial charge in [-0.05, 0) is 49.2 Å². The lowest BCUT2D eigenvalue weighted by Crippen LogP contribution is -2.51. The van der Waals surface area contributed by atoms with E-state index in [1.54, 1.807) is 27.9 Å². The van der Waals surface area contributed by atoms with Crippen LogP contribution in [0.25, 0.3) is 11.5 Å². The molecule has 0 bridgehead atoms. The maximum atomic E-state index is 13.8. The number of hydrogen-bond donors (Lipinski definition) is 0. The van der Waals surface area contributed by atoms with Gasteiger partial charge in [-0.3, -0.25) is 9.59 Å². The number of benzene rings is 1. The molecule has 3 saturated heterocycles. The summed E-state index contributed by atoms with van der Waals surface area (Å²) in [4.78, 5) is 30.8. The zero-order valence-electron chi connectivity index (χ0n) is 20.6. The maximum Gasteiger partial charge on any atom is 0.259 e. The minimum atomic E-state index is -0.523. The summed E-state index contributed by atoms with van der Waals surface area (Å²) in [6.07, 6.45) is 8.12. The van der Waals surface area contributed by atoms with E-state index in [1.807, 2.05) is 34.0 Å². The van der Waals surface area contributed by atoms with Crippen LogP contribution in [0.5, 0.6) is 0 Å². The number of hydrogen-bond acceptors (Lipinski definition) is 5. The minimum Gasteiger partial charge on any atom is -0.347 e. The Kier molecular flexibility index (Phi) is 6.29. The van der Waals surface area contributed by atoms with Gasteiger partial charge in [0.15, 0.2) is 11.6 Å². The largest absolute Gasteiger partial charge is 0.347 e. The third-order valence-electron chi connectivity index (χ3n) is 7.60. The number of carbonyl (C=O) groups excluding carboxylic acids is 2. The number of ether oxygens (including phenoxy) is 2. The van der Waals surface area contributed by atoms with Gasteiger partial charge in [-0.15, -0.1) is 0 Å². The number of aromatic nitrogens is 3. The van der Waals surface area contributed by atoms with Crippen LogP contribution in [0.1, 0.15) is 36.0 Å². The van der Waals surface area contributed by atoms with Gasteiger partial charge in [-0.2, -0.15) is 5.10 Å². The quantitative estimate of drug-likeness (QED) is 0.542. The molecule has 2 amide bonds. The molecule has 10 heteroatoms. The highest BCUT2D eigenvalue weighted by atomic mass is 19.1. The Morgan fingerprint density at radius 2 is 1.68 bits per heavy atom. The second-order valence-electron chi connectivity index (χ2n) is 9.88. The molecule has 6 rings (SSSR count). The summed E-state index contributed by atoms with van der Waals surface area (Å²) in [7, 11) is 0. The molecular formula is C27H30FN5O4. The van der Waals surface area contributed by atoms with Gasteiger partial charge in [0, 0.05) is 51.4 Å². The standard InChI is InChI=1S/C27H30FN5O4/c28-21-5-7-22(8-6-21)33-24(30-11-1-2-12-30)23(18-29-33)26(35)32-13-3-4-20(19-32)25(34)31-14-9-27(10-15-31)36-16-17-37-27/h1-2,5-8,11-12,18,20H,3-4,9-10,13-17,19H2/t20-/m1/s1. The number of halogens is 1. The Labute approximate surface area is 214 Å². The third-order valence-corrected chi connectivity index (χ3v) is 7.60. The molecule has 194 valence electrons. The molecule has 0 N–H and O–H groups in total. The lowest BCUT2D eigenvalue weighted by atomic mass is 9.94. The zero-order chi connectivity index (χ0) is 25.4. The van der Waals surface area contributed by atoms with Gasteiger partial charge in [0.25, 0.3) is 5.91 Å². The molecule has 3 aliphatic rings. The van der Waals surface area contributed by atoms with Crippen LogP contribution in [0, 0.1) is 11.7 Å². The van der Waals surface area contributed by atoms with E-state index in [2.05, 4.69) is 5.10 Å². The zero-order valence-corrected chi connectivity index (χ0v) is 20.6. The molecular weight excluding hydrogens is 477 g/mol. The summed E-state index contributed by atoms with van der Waals surface area (Å²) in [6.45, 7) is 3.38. The average molecular weight is 508 g/mol. The molecule has 1 atom stereocenters. The lowest BCUT2D eigenvalue weighted by molar-refractivity contribution is -0.188. The molecule has 37 heavy (non-hydrogen) atoms. The first-order chi connectivity index (χ1) is 18.0. The van der Waals surface area contributed by atoms with E-state index < -0.39 is 5.79 Å². The van der Waals surface area contributed by atoms with Crippen molar-refractivity contribution in [1.29, 1.82) is 0 Å². The van der Waals surface area contributed by atoms with Gasteiger partial charge >= 0.3 is 0 Å². The second kappa shape index (κ2) is 9.75. The molecule has 3 aromatic rings. The van der Waals surface area contributed by atoms with E-state index in [-0.39, 0.29) is 23.5 Å². The smallest absolute Gasteiger partial charge is 0.259 e. The molecule has 9 nitrogen and oxygen atoms in total. The molecule has 0 saturated carbocycles. The van der Waals surface area contributed by atoms with Crippen LogP contribution in [0.4, 0.5) is 4.39 Å². The van der Waals surface area contributed by atoms with Crippen LogP contribution in [0.15, 0.2) is 55.0 Å². The highest BCUT2D eigenvalue weighted by Crippen LogP contribution is 2.33. The fourth-order valence-corrected chi connectivity index (χ4v) is 5.63. The van der Waals surface area contributed by atoms with E-state index in [1.165, 1.54) is 12.1 Å². The summed E-state index contributed by atoms with van der Waals surface area (Å²) in [5.74, 6) is -0.596. The van der Waals surface area contributed by atoms with Crippen LogP contribution >= 0.6 is 0 Å². The first kappa shape index (κ1) is 23.9. The van der Waals surface area contributed by atoms with Crippen LogP contribution in [0.2, 0.25) is 0 Å². The van der Waals surface area contributed by atoms with Crippen LogP contribution < -0.4 is 0 Å². The predicted molar refractivity (Wildman–Crippen MR) is 132 cm³/mol. The third kappa shape index (κ3) is 4.55. The molecule has 1 aromatic carbocycles. The minimum absolute atomic E-state index is 0.0954. The van der Waals surface area contributed by atoms with E-state index in [9.17, 15) is 14.0 Å². The van der Waals surface area contributed by atoms with Gasteiger partial charge in [-0.25, -0.2) is 9.07 Å². The first-order valence-electron chi connectivity index (χ1n) is 12.9. The number of amides is 2. The van der Waals surface area contributed by atoms with Crippen molar-refractivity contribution in [2.75, 3.05) is 39.4 Å². The van der Waals surface area contributed by atoms with E-state index in [4.69, 9.17) is 9.47 Å². The summed E-state index contributed by atoms with van der Waals surface area (Å²) < 4.78 is 28.6. The van der Waals surface area contributed by atoms with Crippen LogP contribution in [-0.2, 0) is 14.3 Å². The van der Waals surface area contributed by atoms with Crippen molar-refractivity contribution in [2.45, 2.75) is 31.5 Å². The van der Waals surface area contributed by atoms with Crippen molar-refractivity contribution in [3.05, 3.63) is 66.4 Å². The van der Waals surface area contributed by atoms with E-state index in [0.717, 1.165) is 12.8 Å². The number of nitrogens with zero attached hydrogens (tertiary/aromatic N) is 5. The van der Waals surface area contributed by atoms with Gasteiger partial charge in [0.2, 0.25) is 5.91 Å². The number of carbonyl (C=O) groups is 2. The predicted octanol–water partition coefficient (Wildman–Crippen LogP) is 3.02. The molecule has 3 fully saturated rings. The van der Waals surface area contributed by atoms with Crippen molar-refractivity contribution in [3.63, 3.8) is 0 Å². The van der Waals surface area contributed by atoms with Crippen molar-refractivity contribution in [2.24, 2.45) is 5.92 Å². The van der Waals surface area contributed by atoms with E-state index in [0.29, 0.717) is 69.3 Å². The summed E-state index contributed by atoms with van der Waals surface area (Å²) in [5, 5.41) is 4.48. The molecule has 5 heterocycles. The van der Waals surface area contributed by atoms with Crippen molar-refractivity contribution in [1.82, 2.24) is 24.1 Å². The second-order valence-corrected chi connectivity index (χ2v) is 9.88. The van der Waals surface area contributed by atoms with Crippen molar-refractivity contribution < 1.29 is 23.5 Å². The Morgan fingerprint density at radius 3 is 2.38 bits per heavy atom. The molecule has 0 radical (unpaired) electrons. The number of likely N-dealkylation sites (tertiary alicyclic amines) is 2. The SMILES string of the molecule is O=C(c1cnn(-c2ccc(F)cc2)c1-n1cccc1)N1CCC[C@@H](C(=O)N2CCC3(CC2)OCCO3)C1. The fourth-order valence-electron chi connectivity index (χ4n) is 5.63. The summed E-state index contributed by atoms with van der Waals surface area (Å²) in [6, 6.07) is 9.73. The lowest BCUT2D eigenvalue weighted by Gasteiger charge is -2.40. The topological polar surface area (TPSA) is 81.8 Å². The monoisotopic (exact) mass is 507 g/mol. The highest BCUT2D eigenvalue weighted by molar-refractivity contribution is 5.97. The molecule has 0 unspecified atom stereocenters. The molecule has 3 aliphatic heterocycles. The number of piperidine rings is 2. The number of rotatable bonds is 4. The fraction of sp³-hybridized carbons (Fsp3) is 0.444. The van der Waals surface area contributed by atoms with Crippen LogP contribution in [0.3, 0.4) is 0 Å². The molecule has 0 aliphatic carbocycles. The normalized spacial score (nSPS) is 21.5. The highest BCUT2D eigenvalue weighted by Gasteiger charge is 2.42. The maximum absolute atomic E-state index is 13.8. The van der Waals surface area contributed by atoms with E-state index >= 15 is 0 Å². The van der Waals surface area contributed by atoms with Crippen molar-refractivity contribution >= 4 is 11.8 Å². The van der Waals surface area contributed by atoms with Crippen molar-refractivity contribution in [3.8, 4) is 11.5 Å². The van der Waals surface area contributed by atoms with Gasteiger partial charge < -0.3 is 23.8 Å².